The Morgan fingerprint density at radius 1 is 1.21 bits per heavy atom. The van der Waals surface area contributed by atoms with E-state index in [1.165, 1.54) is 29.3 Å². The van der Waals surface area contributed by atoms with Gasteiger partial charge in [-0.05, 0) is 53.1 Å². The predicted molar refractivity (Wildman–Crippen MR) is 144 cm³/mol. The lowest BCUT2D eigenvalue weighted by Gasteiger charge is -2.27. The fraction of sp³-hybridized carbons (Fsp3) is 0.423. The van der Waals surface area contributed by atoms with Crippen LogP contribution in [-0.2, 0) is 22.7 Å². The van der Waals surface area contributed by atoms with Gasteiger partial charge in [-0.15, -0.1) is 0 Å². The minimum absolute atomic E-state index is 0.105. The Hall–Kier alpha value is -3.77. The van der Waals surface area contributed by atoms with Gasteiger partial charge in [0.25, 0.3) is 5.56 Å². The van der Waals surface area contributed by atoms with Gasteiger partial charge in [-0.1, -0.05) is 11.6 Å². The molecule has 0 aliphatic heterocycles. The Bertz CT molecular complexity index is 1390. The average molecular weight is 563 g/mol. The van der Waals surface area contributed by atoms with Gasteiger partial charge in [-0.25, -0.2) is 14.2 Å². The first-order valence-corrected chi connectivity index (χ1v) is 12.5. The van der Waals surface area contributed by atoms with Crippen molar-refractivity contribution in [1.82, 2.24) is 30.1 Å². The molecular weight excluding hydrogens is 531 g/mol. The third kappa shape index (κ3) is 8.89. The second-order valence-corrected chi connectivity index (χ2v) is 10.4. The number of ether oxygens (including phenoxy) is 2. The molecule has 0 atom stereocenters. The molecule has 13 heteroatoms. The monoisotopic (exact) mass is 562 g/mol. The first-order chi connectivity index (χ1) is 18.3. The van der Waals surface area contributed by atoms with Crippen LogP contribution in [0.1, 0.15) is 32.3 Å². The van der Waals surface area contributed by atoms with E-state index in [1.807, 2.05) is 19.0 Å². The van der Waals surface area contributed by atoms with Crippen molar-refractivity contribution < 1.29 is 23.5 Å². The first kappa shape index (κ1) is 29.8. The summed E-state index contributed by atoms with van der Waals surface area (Å²) in [6.45, 7) is 5.62. The second-order valence-electron chi connectivity index (χ2n) is 10.0. The van der Waals surface area contributed by atoms with Crippen molar-refractivity contribution in [2.24, 2.45) is 0 Å². The summed E-state index contributed by atoms with van der Waals surface area (Å²) < 4.78 is 24.6. The number of benzene rings is 1. The Labute approximate surface area is 230 Å². The number of aromatic nitrogens is 3. The summed E-state index contributed by atoms with van der Waals surface area (Å²) >= 11 is 5.80. The molecule has 0 saturated heterocycles. The van der Waals surface area contributed by atoms with Crippen LogP contribution in [-0.4, -0.2) is 76.1 Å². The molecule has 0 spiro atoms. The van der Waals surface area contributed by atoms with E-state index in [1.54, 1.807) is 20.8 Å². The number of aromatic amines is 1. The van der Waals surface area contributed by atoms with Gasteiger partial charge in [0.05, 0.1) is 22.6 Å². The molecule has 3 aromatic rings. The molecule has 0 aliphatic carbocycles. The number of carbonyl (C=O) groups is 2. The molecule has 0 unspecified atom stereocenters. The molecule has 0 saturated carbocycles. The SMILES string of the molecule is CN(C)CCNC(=O)CN(Cc1nccc2c(=O)[nH]c(COc3ccc(F)c(Cl)c3)nc12)C(=O)OC(C)(C)C. The maximum Gasteiger partial charge on any atom is 0.411 e. The molecule has 11 nitrogen and oxygen atoms in total. The van der Waals surface area contributed by atoms with Gasteiger partial charge < -0.3 is 24.7 Å². The van der Waals surface area contributed by atoms with Crippen LogP contribution in [0, 0.1) is 5.82 Å². The van der Waals surface area contributed by atoms with Crippen LogP contribution < -0.4 is 15.6 Å². The maximum absolute atomic E-state index is 13.4. The number of carbonyl (C=O) groups excluding carboxylic acids is 2. The van der Waals surface area contributed by atoms with Crippen molar-refractivity contribution in [3.05, 3.63) is 63.2 Å². The zero-order valence-electron chi connectivity index (χ0n) is 22.5. The van der Waals surface area contributed by atoms with Crippen molar-refractivity contribution in [3.63, 3.8) is 0 Å². The van der Waals surface area contributed by atoms with E-state index in [4.69, 9.17) is 21.1 Å². The number of nitrogens with zero attached hydrogens (tertiary/aromatic N) is 4. The number of fused-ring (bicyclic) bond motifs is 1. The largest absolute Gasteiger partial charge is 0.486 e. The third-order valence-electron chi connectivity index (χ3n) is 5.22. The number of likely N-dealkylation sites (N-methyl/N-ethyl adjacent to an activating group) is 1. The number of H-pyrrole nitrogens is 1. The van der Waals surface area contributed by atoms with Gasteiger partial charge in [0, 0.05) is 25.4 Å². The third-order valence-corrected chi connectivity index (χ3v) is 5.51. The van der Waals surface area contributed by atoms with Gasteiger partial charge in [0.15, 0.2) is 0 Å². The molecule has 2 amide bonds. The number of hydrogen-bond acceptors (Lipinski definition) is 8. The van der Waals surface area contributed by atoms with E-state index in [-0.39, 0.29) is 58.8 Å². The topological polar surface area (TPSA) is 130 Å². The van der Waals surface area contributed by atoms with Crippen LogP contribution in [0.3, 0.4) is 0 Å². The van der Waals surface area contributed by atoms with Gasteiger partial charge in [0.2, 0.25) is 5.91 Å². The fourth-order valence-corrected chi connectivity index (χ4v) is 3.58. The highest BCUT2D eigenvalue weighted by atomic mass is 35.5. The number of hydrogen-bond donors (Lipinski definition) is 2. The molecule has 210 valence electrons. The highest BCUT2D eigenvalue weighted by molar-refractivity contribution is 6.30. The molecule has 0 radical (unpaired) electrons. The van der Waals surface area contributed by atoms with Crippen molar-refractivity contribution >= 4 is 34.5 Å². The quantitative estimate of drug-likeness (QED) is 0.385. The number of nitrogens with one attached hydrogen (secondary N) is 2. The highest BCUT2D eigenvalue weighted by Gasteiger charge is 2.26. The minimum Gasteiger partial charge on any atom is -0.486 e. The lowest BCUT2D eigenvalue weighted by Crippen LogP contribution is -2.44. The number of rotatable bonds is 10. The summed E-state index contributed by atoms with van der Waals surface area (Å²) in [4.78, 5) is 53.0. The predicted octanol–water partition coefficient (Wildman–Crippen LogP) is 3.10. The molecule has 2 N–H and O–H groups in total. The van der Waals surface area contributed by atoms with E-state index in [0.717, 1.165) is 6.07 Å². The zero-order chi connectivity index (χ0) is 28.7. The molecular formula is C26H32ClFN6O5. The summed E-state index contributed by atoms with van der Waals surface area (Å²) in [5.41, 5.74) is -0.716. The molecule has 0 bridgehead atoms. The van der Waals surface area contributed by atoms with E-state index in [0.29, 0.717) is 13.1 Å². The summed E-state index contributed by atoms with van der Waals surface area (Å²) in [6, 6.07) is 5.37. The van der Waals surface area contributed by atoms with Gasteiger partial charge in [-0.3, -0.25) is 19.5 Å². The summed E-state index contributed by atoms with van der Waals surface area (Å²) in [5, 5.41) is 2.91. The van der Waals surface area contributed by atoms with Crippen LogP contribution in [0.5, 0.6) is 5.75 Å². The molecule has 1 aromatic carbocycles. The molecule has 2 heterocycles. The Morgan fingerprint density at radius 3 is 2.62 bits per heavy atom. The van der Waals surface area contributed by atoms with E-state index in [2.05, 4.69) is 20.3 Å². The van der Waals surface area contributed by atoms with Crippen molar-refractivity contribution in [1.29, 1.82) is 0 Å². The lowest BCUT2D eigenvalue weighted by molar-refractivity contribution is -0.122. The summed E-state index contributed by atoms with van der Waals surface area (Å²) in [5.74, 6) is -0.502. The van der Waals surface area contributed by atoms with E-state index in [9.17, 15) is 18.8 Å². The minimum atomic E-state index is -0.800. The van der Waals surface area contributed by atoms with Gasteiger partial charge in [-0.2, -0.15) is 0 Å². The second kappa shape index (κ2) is 12.9. The van der Waals surface area contributed by atoms with Gasteiger partial charge >= 0.3 is 6.09 Å². The fourth-order valence-electron chi connectivity index (χ4n) is 3.41. The number of amides is 2. The van der Waals surface area contributed by atoms with Crippen LogP contribution >= 0.6 is 11.6 Å². The number of pyridine rings is 1. The van der Waals surface area contributed by atoms with Crippen LogP contribution in [0.25, 0.3) is 10.9 Å². The van der Waals surface area contributed by atoms with Crippen LogP contribution in [0.4, 0.5) is 9.18 Å². The molecule has 3 rings (SSSR count). The molecule has 39 heavy (non-hydrogen) atoms. The van der Waals surface area contributed by atoms with Gasteiger partial charge in [0.1, 0.15) is 41.7 Å². The average Bonchev–Trinajstić information content (AvgIpc) is 2.83. The standard InChI is InChI=1S/C26H32ClFN6O5/c1-26(2,3)39-25(37)34(14-22(35)30-10-11-33(4)5)13-20-23-17(8-9-29-20)24(36)32-21(31-23)15-38-16-6-7-19(28)18(27)12-16/h6-9,12H,10-11,13-15H2,1-5H3,(H,30,35)(H,31,32,36). The van der Waals surface area contributed by atoms with Crippen LogP contribution in [0.15, 0.2) is 35.3 Å². The zero-order valence-corrected chi connectivity index (χ0v) is 23.3. The number of halogens is 2. The maximum atomic E-state index is 13.4. The normalized spacial score (nSPS) is 11.5. The van der Waals surface area contributed by atoms with E-state index < -0.39 is 23.1 Å². The van der Waals surface area contributed by atoms with Crippen molar-refractivity contribution in [2.75, 3.05) is 33.7 Å². The highest BCUT2D eigenvalue weighted by Crippen LogP contribution is 2.22. The molecule has 2 aromatic heterocycles. The Balaban J connectivity index is 1.87. The molecule has 0 fully saturated rings. The van der Waals surface area contributed by atoms with Crippen LogP contribution in [0.2, 0.25) is 5.02 Å². The van der Waals surface area contributed by atoms with Crippen molar-refractivity contribution in [3.8, 4) is 5.75 Å². The smallest absolute Gasteiger partial charge is 0.411 e. The Kier molecular flexibility index (Phi) is 9.81. The van der Waals surface area contributed by atoms with Crippen molar-refractivity contribution in [2.45, 2.75) is 39.5 Å². The Morgan fingerprint density at radius 2 is 1.95 bits per heavy atom. The lowest BCUT2D eigenvalue weighted by atomic mass is 10.2. The summed E-state index contributed by atoms with van der Waals surface area (Å²) in [7, 11) is 3.77. The molecule has 0 aliphatic rings. The summed E-state index contributed by atoms with van der Waals surface area (Å²) in [6.07, 6.45) is 0.709. The van der Waals surface area contributed by atoms with E-state index >= 15 is 0 Å². The first-order valence-electron chi connectivity index (χ1n) is 12.2.